The van der Waals surface area contributed by atoms with Crippen molar-refractivity contribution in [3.8, 4) is 0 Å². The number of thioether (sulfide) groups is 1. The van der Waals surface area contributed by atoms with E-state index >= 15 is 0 Å². The van der Waals surface area contributed by atoms with Gasteiger partial charge < -0.3 is 5.32 Å². The van der Waals surface area contributed by atoms with Crippen LogP contribution in [0.5, 0.6) is 0 Å². The van der Waals surface area contributed by atoms with Crippen molar-refractivity contribution in [1.29, 1.82) is 0 Å². The molecule has 1 aromatic rings. The lowest BCUT2D eigenvalue weighted by molar-refractivity contribution is 0.972. The van der Waals surface area contributed by atoms with Crippen molar-refractivity contribution in [1.82, 2.24) is 9.97 Å². The largest absolute Gasteiger partial charge is 0.346 e. The quantitative estimate of drug-likeness (QED) is 0.695. The molecule has 0 bridgehead atoms. The van der Waals surface area contributed by atoms with Crippen LogP contribution in [0.25, 0.3) is 0 Å². The number of aromatic amines is 1. The number of hydrogen-bond donors (Lipinski definition) is 2. The van der Waals surface area contributed by atoms with Gasteiger partial charge in [0.05, 0.1) is 11.1 Å². The topological polar surface area (TPSA) is 57.8 Å². The molecule has 0 saturated carbocycles. The first-order chi connectivity index (χ1) is 10.2. The Bertz CT molecular complexity index is 596. The summed E-state index contributed by atoms with van der Waals surface area (Å²) in [5, 5.41) is 3.22. The third-order valence-corrected chi connectivity index (χ3v) is 3.93. The average Bonchev–Trinajstić information content (AvgIpc) is 2.55. The molecular formula is C16H23N3OS. The second kappa shape index (κ2) is 9.23. The molecule has 0 radical (unpaired) electrons. The van der Waals surface area contributed by atoms with Crippen molar-refractivity contribution < 1.29 is 0 Å². The summed E-state index contributed by atoms with van der Waals surface area (Å²) in [6, 6.07) is 0. The van der Waals surface area contributed by atoms with Gasteiger partial charge in [0.2, 0.25) is 0 Å². The molecule has 0 fully saturated rings. The van der Waals surface area contributed by atoms with Gasteiger partial charge in [-0.05, 0) is 32.8 Å². The van der Waals surface area contributed by atoms with E-state index in [1.54, 1.807) is 18.0 Å². The molecule has 0 aromatic carbocycles. The molecular weight excluding hydrogens is 282 g/mol. The fourth-order valence-electron chi connectivity index (χ4n) is 1.68. The Hall–Kier alpha value is -1.75. The molecule has 4 nitrogen and oxygen atoms in total. The molecule has 1 aliphatic carbocycles. The van der Waals surface area contributed by atoms with Gasteiger partial charge in [0.15, 0.2) is 0 Å². The van der Waals surface area contributed by atoms with Crippen LogP contribution in [0.4, 0.5) is 5.82 Å². The van der Waals surface area contributed by atoms with E-state index in [-0.39, 0.29) is 5.69 Å². The zero-order valence-electron chi connectivity index (χ0n) is 13.1. The van der Waals surface area contributed by atoms with Crippen molar-refractivity contribution in [3.63, 3.8) is 0 Å². The second-order valence-electron chi connectivity index (χ2n) is 4.10. The molecule has 0 saturated heterocycles. The first kappa shape index (κ1) is 17.3. The molecule has 5 heteroatoms. The maximum atomic E-state index is 11.1. The smallest absolute Gasteiger partial charge is 0.340 e. The molecule has 1 aromatic heterocycles. The van der Waals surface area contributed by atoms with E-state index < -0.39 is 0 Å². The first-order valence-electron chi connectivity index (χ1n) is 7.25. The lowest BCUT2D eigenvalue weighted by atomic mass is 10.1. The lowest BCUT2D eigenvalue weighted by Crippen LogP contribution is -2.17. The standard InChI is InChI=1S/C10H9N3OS.C4H8.C2H6/c14-10-11-5-8-9(13-10)12-6-3-1-2-4-7(6)15-8;1-3-4-2;1-2/h1,3,5H,2,4H2,(H2,11,12,13,14);3-4H,1-2H3;1-2H3/b;4-3-;. The number of allylic oxidation sites excluding steroid dienone is 5. The molecule has 0 unspecified atom stereocenters. The zero-order valence-corrected chi connectivity index (χ0v) is 13.9. The average molecular weight is 305 g/mol. The van der Waals surface area contributed by atoms with E-state index in [2.05, 4.69) is 27.4 Å². The Kier molecular flexibility index (Phi) is 7.61. The monoisotopic (exact) mass is 305 g/mol. The van der Waals surface area contributed by atoms with Gasteiger partial charge in [0.25, 0.3) is 0 Å². The number of fused-ring (bicyclic) bond motifs is 1. The predicted octanol–water partition coefficient (Wildman–Crippen LogP) is 4.46. The van der Waals surface area contributed by atoms with Crippen LogP contribution < -0.4 is 11.0 Å². The van der Waals surface area contributed by atoms with Crippen LogP contribution in [0.3, 0.4) is 0 Å². The Morgan fingerprint density at radius 2 is 2.00 bits per heavy atom. The van der Waals surface area contributed by atoms with E-state index in [0.29, 0.717) is 0 Å². The normalized spacial score (nSPS) is 15.0. The summed E-state index contributed by atoms with van der Waals surface area (Å²) < 4.78 is 0. The highest BCUT2D eigenvalue weighted by atomic mass is 32.2. The number of anilines is 1. The number of rotatable bonds is 0. The third kappa shape index (κ3) is 4.93. The number of nitrogens with zero attached hydrogens (tertiary/aromatic N) is 1. The molecule has 2 aliphatic rings. The van der Waals surface area contributed by atoms with Crippen molar-refractivity contribution in [2.45, 2.75) is 45.4 Å². The predicted molar refractivity (Wildman–Crippen MR) is 91.6 cm³/mol. The van der Waals surface area contributed by atoms with E-state index in [1.807, 2.05) is 39.8 Å². The molecule has 0 spiro atoms. The summed E-state index contributed by atoms with van der Waals surface area (Å²) in [4.78, 5) is 19.8. The summed E-state index contributed by atoms with van der Waals surface area (Å²) in [5.74, 6) is 0.755. The highest BCUT2D eigenvalue weighted by Gasteiger charge is 2.19. The van der Waals surface area contributed by atoms with Gasteiger partial charge in [-0.2, -0.15) is 0 Å². The molecule has 0 atom stereocenters. The molecule has 2 N–H and O–H groups in total. The van der Waals surface area contributed by atoms with Crippen molar-refractivity contribution in [3.05, 3.63) is 51.6 Å². The van der Waals surface area contributed by atoms with Crippen LogP contribution in [-0.2, 0) is 0 Å². The Balaban J connectivity index is 0.000000322. The molecule has 3 rings (SSSR count). The van der Waals surface area contributed by atoms with Gasteiger partial charge in [0.1, 0.15) is 5.82 Å². The summed E-state index contributed by atoms with van der Waals surface area (Å²) in [5.41, 5.74) is 0.784. The van der Waals surface area contributed by atoms with Crippen LogP contribution in [0.2, 0.25) is 0 Å². The summed E-state index contributed by atoms with van der Waals surface area (Å²) in [6.07, 6.45) is 12.0. The minimum Gasteiger partial charge on any atom is -0.340 e. The molecule has 0 amide bonds. The highest BCUT2D eigenvalue weighted by molar-refractivity contribution is 8.03. The van der Waals surface area contributed by atoms with Gasteiger partial charge in [-0.15, -0.1) is 0 Å². The molecule has 2 heterocycles. The number of aromatic nitrogens is 2. The Labute approximate surface area is 130 Å². The van der Waals surface area contributed by atoms with Gasteiger partial charge in [0, 0.05) is 10.6 Å². The van der Waals surface area contributed by atoms with Crippen LogP contribution >= 0.6 is 11.8 Å². The highest BCUT2D eigenvalue weighted by Crippen LogP contribution is 2.41. The van der Waals surface area contributed by atoms with Crippen molar-refractivity contribution in [2.75, 3.05) is 5.32 Å². The molecule has 1 aliphatic heterocycles. The number of hydrogen-bond acceptors (Lipinski definition) is 4. The minimum atomic E-state index is -0.314. The first-order valence-corrected chi connectivity index (χ1v) is 8.07. The SMILES string of the molecule is C/C=C\C.CC.O=c1ncc2c([nH]1)NC1=C(CCC=C1)S2. The summed E-state index contributed by atoms with van der Waals surface area (Å²) >= 11 is 1.68. The third-order valence-electron chi connectivity index (χ3n) is 2.73. The van der Waals surface area contributed by atoms with E-state index in [0.717, 1.165) is 29.3 Å². The van der Waals surface area contributed by atoms with Gasteiger partial charge >= 0.3 is 5.69 Å². The molecule has 114 valence electrons. The number of H-pyrrole nitrogens is 1. The Morgan fingerprint density at radius 1 is 1.29 bits per heavy atom. The van der Waals surface area contributed by atoms with Gasteiger partial charge in [-0.25, -0.2) is 9.78 Å². The fraction of sp³-hybridized carbons (Fsp3) is 0.375. The van der Waals surface area contributed by atoms with Gasteiger partial charge in [-0.3, -0.25) is 4.98 Å². The fourth-order valence-corrected chi connectivity index (χ4v) is 2.70. The van der Waals surface area contributed by atoms with Crippen molar-refractivity contribution >= 4 is 17.6 Å². The van der Waals surface area contributed by atoms with Crippen LogP contribution in [-0.4, -0.2) is 9.97 Å². The van der Waals surface area contributed by atoms with E-state index in [9.17, 15) is 4.79 Å². The van der Waals surface area contributed by atoms with Crippen molar-refractivity contribution in [2.24, 2.45) is 0 Å². The summed E-state index contributed by atoms with van der Waals surface area (Å²) in [6.45, 7) is 8.00. The maximum Gasteiger partial charge on any atom is 0.346 e. The second-order valence-corrected chi connectivity index (χ2v) is 5.24. The maximum absolute atomic E-state index is 11.1. The summed E-state index contributed by atoms with van der Waals surface area (Å²) in [7, 11) is 0. The Morgan fingerprint density at radius 3 is 2.67 bits per heavy atom. The van der Waals surface area contributed by atoms with Crippen LogP contribution in [0.1, 0.15) is 40.5 Å². The van der Waals surface area contributed by atoms with Gasteiger partial charge in [-0.1, -0.05) is 43.8 Å². The molecule has 21 heavy (non-hydrogen) atoms. The van der Waals surface area contributed by atoms with Crippen LogP contribution in [0, 0.1) is 0 Å². The zero-order chi connectivity index (χ0) is 15.7. The lowest BCUT2D eigenvalue weighted by Gasteiger charge is -2.23. The minimum absolute atomic E-state index is 0.314. The van der Waals surface area contributed by atoms with E-state index in [4.69, 9.17) is 0 Å². The number of nitrogens with one attached hydrogen (secondary N) is 2. The van der Waals surface area contributed by atoms with E-state index in [1.165, 1.54) is 4.91 Å². The van der Waals surface area contributed by atoms with Crippen LogP contribution in [0.15, 0.2) is 50.8 Å².